The van der Waals surface area contributed by atoms with Gasteiger partial charge in [-0.1, -0.05) is 11.6 Å². The van der Waals surface area contributed by atoms with Crippen LogP contribution in [0, 0.1) is 0 Å². The zero-order valence-corrected chi connectivity index (χ0v) is 15.7. The van der Waals surface area contributed by atoms with E-state index in [1.54, 1.807) is 11.1 Å². The van der Waals surface area contributed by atoms with E-state index in [4.69, 9.17) is 11.6 Å². The lowest BCUT2D eigenvalue weighted by atomic mass is 10.1. The van der Waals surface area contributed by atoms with Crippen molar-refractivity contribution in [3.8, 4) is 0 Å². The first kappa shape index (κ1) is 17.8. The molecular weight excluding hydrogens is 364 g/mol. The fraction of sp³-hybridized carbons (Fsp3) is 0.350. The molecule has 1 aromatic carbocycles. The molecule has 6 nitrogen and oxygen atoms in total. The van der Waals surface area contributed by atoms with Gasteiger partial charge in [-0.25, -0.2) is 4.98 Å². The lowest BCUT2D eigenvalue weighted by Gasteiger charge is -2.35. The third kappa shape index (κ3) is 3.76. The lowest BCUT2D eigenvalue weighted by Crippen LogP contribution is -2.49. The maximum atomic E-state index is 12.8. The molecule has 2 aliphatic heterocycles. The van der Waals surface area contributed by atoms with Crippen LogP contribution in [0.2, 0.25) is 5.02 Å². The zero-order valence-electron chi connectivity index (χ0n) is 15.0. The van der Waals surface area contributed by atoms with Crippen LogP contribution in [0.4, 0.5) is 11.5 Å². The van der Waals surface area contributed by atoms with Gasteiger partial charge in [-0.05, 0) is 42.8 Å². The molecule has 0 spiro atoms. The molecule has 4 rings (SSSR count). The highest BCUT2D eigenvalue weighted by Gasteiger charge is 2.24. The quantitative estimate of drug-likeness (QED) is 0.816. The average molecular weight is 385 g/mol. The van der Waals surface area contributed by atoms with Gasteiger partial charge in [0.1, 0.15) is 5.82 Å². The second-order valence-corrected chi connectivity index (χ2v) is 7.25. The topological polar surface area (TPSA) is 56.8 Å². The van der Waals surface area contributed by atoms with E-state index in [0.29, 0.717) is 30.1 Å². The van der Waals surface area contributed by atoms with Crippen molar-refractivity contribution in [2.45, 2.75) is 12.8 Å². The molecular formula is C20H21ClN4O2. The molecule has 2 amide bonds. The van der Waals surface area contributed by atoms with Gasteiger partial charge in [0.2, 0.25) is 5.91 Å². The molecule has 0 unspecified atom stereocenters. The number of hydrogen-bond donors (Lipinski definition) is 0. The van der Waals surface area contributed by atoms with Crippen LogP contribution < -0.4 is 9.80 Å². The predicted octanol–water partition coefficient (Wildman–Crippen LogP) is 2.82. The third-order valence-electron chi connectivity index (χ3n) is 5.10. The van der Waals surface area contributed by atoms with Crippen LogP contribution >= 0.6 is 11.6 Å². The third-order valence-corrected chi connectivity index (χ3v) is 5.33. The van der Waals surface area contributed by atoms with Crippen LogP contribution in [0.1, 0.15) is 23.2 Å². The summed E-state index contributed by atoms with van der Waals surface area (Å²) in [5, 5.41) is 0.617. The Morgan fingerprint density at radius 1 is 0.963 bits per heavy atom. The molecule has 27 heavy (non-hydrogen) atoms. The number of piperazine rings is 1. The largest absolute Gasteiger partial charge is 0.353 e. The summed E-state index contributed by atoms with van der Waals surface area (Å²) in [6.45, 7) is 3.53. The van der Waals surface area contributed by atoms with Gasteiger partial charge < -0.3 is 14.7 Å². The van der Waals surface area contributed by atoms with Gasteiger partial charge in [-0.3, -0.25) is 9.59 Å². The number of amides is 2. The molecule has 2 aromatic rings. The second kappa shape index (κ2) is 7.56. The Balaban J connectivity index is 1.37. The monoisotopic (exact) mass is 384 g/mol. The molecule has 0 saturated carbocycles. The van der Waals surface area contributed by atoms with Crippen molar-refractivity contribution in [3.05, 3.63) is 53.2 Å². The van der Waals surface area contributed by atoms with E-state index < -0.39 is 0 Å². The van der Waals surface area contributed by atoms with Crippen LogP contribution in [0.15, 0.2) is 42.6 Å². The minimum atomic E-state index is 0.0259. The van der Waals surface area contributed by atoms with Crippen molar-refractivity contribution in [2.75, 3.05) is 42.5 Å². The molecule has 7 heteroatoms. The van der Waals surface area contributed by atoms with Crippen LogP contribution in [-0.4, -0.2) is 54.4 Å². The van der Waals surface area contributed by atoms with Gasteiger partial charge in [0.25, 0.3) is 5.91 Å². The number of rotatable bonds is 3. The smallest absolute Gasteiger partial charge is 0.253 e. The highest BCUT2D eigenvalue weighted by Crippen LogP contribution is 2.22. The molecule has 2 saturated heterocycles. The second-order valence-electron chi connectivity index (χ2n) is 6.81. The molecule has 0 radical (unpaired) electrons. The van der Waals surface area contributed by atoms with Crippen molar-refractivity contribution in [1.29, 1.82) is 0 Å². The minimum Gasteiger partial charge on any atom is -0.353 e. The number of benzene rings is 1. The zero-order chi connectivity index (χ0) is 18.8. The lowest BCUT2D eigenvalue weighted by molar-refractivity contribution is -0.117. The Morgan fingerprint density at radius 2 is 1.70 bits per heavy atom. The Labute approximate surface area is 163 Å². The fourth-order valence-electron chi connectivity index (χ4n) is 3.58. The van der Waals surface area contributed by atoms with Crippen molar-refractivity contribution in [2.24, 2.45) is 0 Å². The van der Waals surface area contributed by atoms with E-state index in [-0.39, 0.29) is 11.8 Å². The predicted molar refractivity (Wildman–Crippen MR) is 105 cm³/mol. The van der Waals surface area contributed by atoms with Gasteiger partial charge in [0.05, 0.1) is 5.02 Å². The molecule has 3 heterocycles. The highest BCUT2D eigenvalue weighted by atomic mass is 35.5. The molecule has 0 aliphatic carbocycles. The van der Waals surface area contributed by atoms with Crippen molar-refractivity contribution >= 4 is 34.9 Å². The Morgan fingerprint density at radius 3 is 2.30 bits per heavy atom. The molecule has 2 fully saturated rings. The Bertz CT molecular complexity index is 830. The van der Waals surface area contributed by atoms with Crippen molar-refractivity contribution in [3.63, 3.8) is 0 Å². The van der Waals surface area contributed by atoms with Gasteiger partial charge in [-0.15, -0.1) is 0 Å². The van der Waals surface area contributed by atoms with E-state index in [9.17, 15) is 9.59 Å². The number of pyridine rings is 1. The first-order valence-electron chi connectivity index (χ1n) is 9.18. The van der Waals surface area contributed by atoms with Gasteiger partial charge in [0, 0.05) is 56.6 Å². The standard InChI is InChI=1S/C20H21ClN4O2/c21-16-5-8-18(22-14-16)23-10-12-24(13-11-23)20(27)15-3-6-17(7-4-15)25-9-1-2-19(25)26/h3-8,14H,1-2,9-13H2. The number of anilines is 2. The molecule has 0 atom stereocenters. The number of hydrogen-bond acceptors (Lipinski definition) is 4. The normalized spacial score (nSPS) is 17.5. The number of carbonyl (C=O) groups is 2. The van der Waals surface area contributed by atoms with Gasteiger partial charge in [0.15, 0.2) is 0 Å². The summed E-state index contributed by atoms with van der Waals surface area (Å²) in [6.07, 6.45) is 3.14. The van der Waals surface area contributed by atoms with Crippen molar-refractivity contribution < 1.29 is 9.59 Å². The number of nitrogens with zero attached hydrogens (tertiary/aromatic N) is 4. The van der Waals surface area contributed by atoms with Gasteiger partial charge in [-0.2, -0.15) is 0 Å². The maximum absolute atomic E-state index is 12.8. The van der Waals surface area contributed by atoms with E-state index >= 15 is 0 Å². The van der Waals surface area contributed by atoms with E-state index in [0.717, 1.165) is 37.6 Å². The maximum Gasteiger partial charge on any atom is 0.253 e. The first-order chi connectivity index (χ1) is 13.1. The number of halogens is 1. The summed E-state index contributed by atoms with van der Waals surface area (Å²) < 4.78 is 0. The molecule has 0 N–H and O–H groups in total. The van der Waals surface area contributed by atoms with E-state index in [2.05, 4.69) is 9.88 Å². The van der Waals surface area contributed by atoms with E-state index in [1.165, 1.54) is 0 Å². The molecule has 140 valence electrons. The summed E-state index contributed by atoms with van der Waals surface area (Å²) in [5.74, 6) is 1.06. The van der Waals surface area contributed by atoms with Crippen LogP contribution in [0.5, 0.6) is 0 Å². The van der Waals surface area contributed by atoms with Crippen LogP contribution in [-0.2, 0) is 4.79 Å². The summed E-state index contributed by atoms with van der Waals surface area (Å²) >= 11 is 5.89. The average Bonchev–Trinajstić information content (AvgIpc) is 3.14. The number of carbonyl (C=O) groups excluding carboxylic acids is 2. The van der Waals surface area contributed by atoms with E-state index in [1.807, 2.05) is 41.3 Å². The summed E-state index contributed by atoms with van der Waals surface area (Å²) in [7, 11) is 0. The summed E-state index contributed by atoms with van der Waals surface area (Å²) in [4.78, 5) is 34.8. The van der Waals surface area contributed by atoms with Crippen molar-refractivity contribution in [1.82, 2.24) is 9.88 Å². The molecule has 2 aliphatic rings. The first-order valence-corrected chi connectivity index (χ1v) is 9.56. The van der Waals surface area contributed by atoms with Crippen LogP contribution in [0.3, 0.4) is 0 Å². The molecule has 1 aromatic heterocycles. The SMILES string of the molecule is O=C(c1ccc(N2CCCC2=O)cc1)N1CCN(c2ccc(Cl)cn2)CC1. The Kier molecular flexibility index (Phi) is 4.99. The summed E-state index contributed by atoms with van der Waals surface area (Å²) in [6, 6.07) is 11.1. The summed E-state index contributed by atoms with van der Waals surface area (Å²) in [5.41, 5.74) is 1.52. The minimum absolute atomic E-state index is 0.0259. The Hall–Kier alpha value is -2.60. The van der Waals surface area contributed by atoms with Crippen LogP contribution in [0.25, 0.3) is 0 Å². The number of aromatic nitrogens is 1. The highest BCUT2D eigenvalue weighted by molar-refractivity contribution is 6.30. The molecule has 0 bridgehead atoms. The van der Waals surface area contributed by atoms with Gasteiger partial charge >= 0.3 is 0 Å². The fourth-order valence-corrected chi connectivity index (χ4v) is 3.69.